The Kier molecular flexibility index (Phi) is 3.15. The van der Waals surface area contributed by atoms with Gasteiger partial charge in [0.2, 0.25) is 5.78 Å². The van der Waals surface area contributed by atoms with Crippen molar-refractivity contribution >= 4 is 23.0 Å². The van der Waals surface area contributed by atoms with Crippen LogP contribution in [0.25, 0.3) is 16.9 Å². The van der Waals surface area contributed by atoms with E-state index in [9.17, 15) is 9.59 Å². The second kappa shape index (κ2) is 5.12. The molecule has 7 nitrogen and oxygen atoms in total. The molecule has 1 N–H and O–H groups in total. The summed E-state index contributed by atoms with van der Waals surface area (Å²) in [5.74, 6) is -1.16. The van der Waals surface area contributed by atoms with Crippen LogP contribution in [0.4, 0.5) is 5.69 Å². The van der Waals surface area contributed by atoms with Crippen LogP contribution in [0, 0.1) is 0 Å². The highest BCUT2D eigenvalue weighted by Gasteiger charge is 2.08. The normalized spacial score (nSPS) is 10.5. The van der Waals surface area contributed by atoms with Crippen molar-refractivity contribution < 1.29 is 9.59 Å². The number of hydrogen-bond acceptors (Lipinski definition) is 5. The number of aromatic nitrogens is 4. The number of amides is 1. The largest absolute Gasteiger partial charge is 0.319 e. The maximum absolute atomic E-state index is 11.3. The number of hydrogen-bond donors (Lipinski definition) is 1. The van der Waals surface area contributed by atoms with Crippen LogP contribution in [0.3, 0.4) is 0 Å². The molecule has 21 heavy (non-hydrogen) atoms. The first-order valence-corrected chi connectivity index (χ1v) is 6.23. The van der Waals surface area contributed by atoms with E-state index in [1.807, 2.05) is 24.3 Å². The summed E-state index contributed by atoms with van der Waals surface area (Å²) in [6, 6.07) is 10.7. The number of carbonyl (C=O) groups excluding carboxylic acids is 2. The van der Waals surface area contributed by atoms with Gasteiger partial charge in [-0.2, -0.15) is 9.61 Å². The van der Waals surface area contributed by atoms with Crippen molar-refractivity contribution in [2.75, 3.05) is 5.32 Å². The molecule has 0 radical (unpaired) electrons. The third-order valence-electron chi connectivity index (χ3n) is 2.92. The molecule has 7 heteroatoms. The molecule has 1 amide bonds. The van der Waals surface area contributed by atoms with Gasteiger partial charge in [-0.1, -0.05) is 12.1 Å². The van der Waals surface area contributed by atoms with Gasteiger partial charge in [0.05, 0.1) is 5.69 Å². The molecule has 0 atom stereocenters. The van der Waals surface area contributed by atoms with Gasteiger partial charge in [0.1, 0.15) is 6.33 Å². The van der Waals surface area contributed by atoms with Crippen molar-refractivity contribution in [1.29, 1.82) is 0 Å². The van der Waals surface area contributed by atoms with E-state index in [4.69, 9.17) is 0 Å². The van der Waals surface area contributed by atoms with Crippen molar-refractivity contribution in [3.8, 4) is 11.3 Å². The highest BCUT2D eigenvalue weighted by Crippen LogP contribution is 2.19. The van der Waals surface area contributed by atoms with Crippen molar-refractivity contribution in [1.82, 2.24) is 19.8 Å². The van der Waals surface area contributed by atoms with Crippen LogP contribution in [0.1, 0.15) is 6.92 Å². The number of fused-ring (bicyclic) bond motifs is 1. The van der Waals surface area contributed by atoms with E-state index in [1.54, 1.807) is 16.6 Å². The van der Waals surface area contributed by atoms with Crippen molar-refractivity contribution in [2.24, 2.45) is 0 Å². The lowest BCUT2D eigenvalue weighted by molar-refractivity contribution is -0.133. The van der Waals surface area contributed by atoms with E-state index in [-0.39, 0.29) is 0 Å². The van der Waals surface area contributed by atoms with Gasteiger partial charge in [0.25, 0.3) is 5.91 Å². The highest BCUT2D eigenvalue weighted by molar-refractivity contribution is 6.39. The van der Waals surface area contributed by atoms with Crippen molar-refractivity contribution in [3.63, 3.8) is 0 Å². The Balaban J connectivity index is 1.86. The number of Topliss-reactive ketones (excluding diaryl/α,β-unsaturated/α-hetero) is 1. The lowest BCUT2D eigenvalue weighted by Crippen LogP contribution is -2.19. The number of rotatable bonds is 3. The fourth-order valence-corrected chi connectivity index (χ4v) is 1.83. The average molecular weight is 281 g/mol. The minimum Gasteiger partial charge on any atom is -0.319 e. The number of nitrogens with zero attached hydrogens (tertiary/aromatic N) is 4. The van der Waals surface area contributed by atoms with Crippen LogP contribution in [0.2, 0.25) is 0 Å². The molecule has 2 heterocycles. The summed E-state index contributed by atoms with van der Waals surface area (Å²) in [6.07, 6.45) is 1.53. The van der Waals surface area contributed by atoms with Crippen molar-refractivity contribution in [2.45, 2.75) is 6.92 Å². The zero-order valence-corrected chi connectivity index (χ0v) is 11.1. The Bertz CT molecular complexity index is 823. The number of ketones is 1. The summed E-state index contributed by atoms with van der Waals surface area (Å²) in [5.41, 5.74) is 2.87. The molecule has 0 aliphatic heterocycles. The molecular formula is C14H11N5O2. The molecule has 0 saturated heterocycles. The van der Waals surface area contributed by atoms with Gasteiger partial charge in [-0.05, 0) is 24.3 Å². The molecule has 0 aliphatic rings. The van der Waals surface area contributed by atoms with E-state index in [1.165, 1.54) is 13.3 Å². The molecule has 0 unspecified atom stereocenters. The molecule has 0 spiro atoms. The maximum atomic E-state index is 11.3. The van der Waals surface area contributed by atoms with Gasteiger partial charge in [-0.15, -0.1) is 10.2 Å². The second-order valence-corrected chi connectivity index (χ2v) is 4.44. The first-order chi connectivity index (χ1) is 10.1. The summed E-state index contributed by atoms with van der Waals surface area (Å²) < 4.78 is 1.58. The number of benzene rings is 1. The topological polar surface area (TPSA) is 89.2 Å². The van der Waals surface area contributed by atoms with E-state index in [2.05, 4.69) is 20.6 Å². The molecule has 0 aliphatic carbocycles. The van der Waals surface area contributed by atoms with Crippen LogP contribution >= 0.6 is 0 Å². The molecule has 3 rings (SSSR count). The smallest absolute Gasteiger partial charge is 0.291 e. The zero-order valence-electron chi connectivity index (χ0n) is 11.1. The van der Waals surface area contributed by atoms with E-state index < -0.39 is 11.7 Å². The van der Waals surface area contributed by atoms with Crippen molar-refractivity contribution in [3.05, 3.63) is 42.7 Å². The van der Waals surface area contributed by atoms with Gasteiger partial charge in [0, 0.05) is 18.2 Å². The van der Waals surface area contributed by atoms with Crippen LogP contribution in [-0.2, 0) is 9.59 Å². The molecule has 1 aromatic carbocycles. The summed E-state index contributed by atoms with van der Waals surface area (Å²) in [6.45, 7) is 1.22. The predicted octanol–water partition coefficient (Wildman–Crippen LogP) is 1.32. The summed E-state index contributed by atoms with van der Waals surface area (Å²) in [5, 5.41) is 14.5. The molecule has 0 fully saturated rings. The van der Waals surface area contributed by atoms with Gasteiger partial charge in [-0.3, -0.25) is 9.59 Å². The SMILES string of the molecule is CC(=O)C(=O)Nc1ccc(-c2ccc3nncn3n2)cc1. The third kappa shape index (κ3) is 2.62. The van der Waals surface area contributed by atoms with Crippen LogP contribution < -0.4 is 5.32 Å². The lowest BCUT2D eigenvalue weighted by Gasteiger charge is -2.05. The fraction of sp³-hybridized carbons (Fsp3) is 0.0714. The van der Waals surface area contributed by atoms with Crippen LogP contribution in [0.5, 0.6) is 0 Å². The van der Waals surface area contributed by atoms with Gasteiger partial charge >= 0.3 is 0 Å². The monoisotopic (exact) mass is 281 g/mol. The predicted molar refractivity (Wildman–Crippen MR) is 75.5 cm³/mol. The maximum Gasteiger partial charge on any atom is 0.291 e. The molecule has 104 valence electrons. The average Bonchev–Trinajstić information content (AvgIpc) is 2.95. The number of anilines is 1. The molecule has 0 bridgehead atoms. The Labute approximate surface area is 119 Å². The van der Waals surface area contributed by atoms with E-state index >= 15 is 0 Å². The van der Waals surface area contributed by atoms with Crippen LogP contribution in [0.15, 0.2) is 42.7 Å². The molecule has 0 saturated carbocycles. The fourth-order valence-electron chi connectivity index (χ4n) is 1.83. The van der Waals surface area contributed by atoms with E-state index in [0.717, 1.165) is 11.3 Å². The molecule has 2 aromatic heterocycles. The summed E-state index contributed by atoms with van der Waals surface area (Å²) in [7, 11) is 0. The molecular weight excluding hydrogens is 270 g/mol. The van der Waals surface area contributed by atoms with Gasteiger partial charge < -0.3 is 5.32 Å². The first-order valence-electron chi connectivity index (χ1n) is 6.23. The highest BCUT2D eigenvalue weighted by atomic mass is 16.2. The zero-order chi connectivity index (χ0) is 14.8. The molecule has 3 aromatic rings. The standard InChI is InChI=1S/C14H11N5O2/c1-9(20)14(21)16-11-4-2-10(3-5-11)12-6-7-13-17-15-8-19(13)18-12/h2-8H,1H3,(H,16,21). The Morgan fingerprint density at radius 2 is 1.86 bits per heavy atom. The van der Waals surface area contributed by atoms with E-state index in [0.29, 0.717) is 11.3 Å². The van der Waals surface area contributed by atoms with Gasteiger partial charge in [-0.25, -0.2) is 0 Å². The summed E-state index contributed by atoms with van der Waals surface area (Å²) in [4.78, 5) is 22.2. The quantitative estimate of drug-likeness (QED) is 0.731. The lowest BCUT2D eigenvalue weighted by atomic mass is 10.1. The Hall–Kier alpha value is -3.09. The second-order valence-electron chi connectivity index (χ2n) is 4.44. The Morgan fingerprint density at radius 3 is 2.57 bits per heavy atom. The van der Waals surface area contributed by atoms with Crippen LogP contribution in [-0.4, -0.2) is 31.5 Å². The van der Waals surface area contributed by atoms with Gasteiger partial charge in [0.15, 0.2) is 5.65 Å². The minimum atomic E-state index is -0.633. The summed E-state index contributed by atoms with van der Waals surface area (Å²) >= 11 is 0. The number of nitrogens with one attached hydrogen (secondary N) is 1. The third-order valence-corrected chi connectivity index (χ3v) is 2.92. The number of carbonyl (C=O) groups is 2. The Morgan fingerprint density at radius 1 is 1.10 bits per heavy atom. The first kappa shape index (κ1) is 12.9. The minimum absolute atomic E-state index is 0.529.